The number of aliphatic hydroxyl groups is 1. The first-order chi connectivity index (χ1) is 15.9. The second kappa shape index (κ2) is 8.37. The number of rotatable bonds is 5. The molecule has 8 nitrogen and oxygen atoms in total. The molecule has 3 amide bonds. The Kier molecular flexibility index (Phi) is 5.38. The summed E-state index contributed by atoms with van der Waals surface area (Å²) in [5.74, 6) is -0.833. The number of para-hydroxylation sites is 1. The molecule has 3 aromatic rings. The Morgan fingerprint density at radius 3 is 2.76 bits per heavy atom. The van der Waals surface area contributed by atoms with Crippen molar-refractivity contribution in [3.05, 3.63) is 71.4 Å². The van der Waals surface area contributed by atoms with Crippen LogP contribution < -0.4 is 5.32 Å². The Labute approximate surface area is 191 Å². The summed E-state index contributed by atoms with van der Waals surface area (Å²) >= 11 is 0. The van der Waals surface area contributed by atoms with E-state index in [1.165, 1.54) is 9.80 Å². The highest BCUT2D eigenvalue weighted by Crippen LogP contribution is 2.27. The lowest BCUT2D eigenvalue weighted by molar-refractivity contribution is -0.141. The SMILES string of the molecule is CC(C(=O)N1C[C@H](O)C[C@H]1C(=O)NCc1c[nH]c2ccccc12)N1Cc2ccccc2C1=O. The van der Waals surface area contributed by atoms with Crippen molar-refractivity contribution in [1.29, 1.82) is 0 Å². The first kappa shape index (κ1) is 21.2. The molecule has 0 aliphatic carbocycles. The molecule has 170 valence electrons. The van der Waals surface area contributed by atoms with Gasteiger partial charge in [0, 0.05) is 48.7 Å². The third-order valence-electron chi connectivity index (χ3n) is 6.67. The molecule has 2 aliphatic heterocycles. The third-order valence-corrected chi connectivity index (χ3v) is 6.67. The van der Waals surface area contributed by atoms with Crippen LogP contribution in [0.25, 0.3) is 10.9 Å². The molecule has 1 unspecified atom stereocenters. The average Bonchev–Trinajstić information content (AvgIpc) is 3.52. The van der Waals surface area contributed by atoms with Crippen LogP contribution in [0.4, 0.5) is 0 Å². The van der Waals surface area contributed by atoms with Crippen LogP contribution >= 0.6 is 0 Å². The molecule has 0 spiro atoms. The molecule has 5 rings (SSSR count). The Balaban J connectivity index is 1.28. The number of aromatic nitrogens is 1. The maximum absolute atomic E-state index is 13.3. The fourth-order valence-corrected chi connectivity index (χ4v) is 4.85. The van der Waals surface area contributed by atoms with E-state index in [9.17, 15) is 19.5 Å². The number of fused-ring (bicyclic) bond motifs is 2. The first-order valence-corrected chi connectivity index (χ1v) is 11.1. The first-order valence-electron chi connectivity index (χ1n) is 11.1. The highest BCUT2D eigenvalue weighted by molar-refractivity contribution is 6.01. The summed E-state index contributed by atoms with van der Waals surface area (Å²) in [5.41, 5.74) is 3.42. The van der Waals surface area contributed by atoms with E-state index in [4.69, 9.17) is 0 Å². The minimum Gasteiger partial charge on any atom is -0.391 e. The summed E-state index contributed by atoms with van der Waals surface area (Å²) in [4.78, 5) is 45.3. The summed E-state index contributed by atoms with van der Waals surface area (Å²) in [5, 5.41) is 14.2. The van der Waals surface area contributed by atoms with Crippen LogP contribution in [0.1, 0.15) is 34.8 Å². The Bertz CT molecular complexity index is 1240. The molecule has 2 aromatic carbocycles. The maximum Gasteiger partial charge on any atom is 0.255 e. The van der Waals surface area contributed by atoms with Crippen molar-refractivity contribution in [3.8, 4) is 0 Å². The number of carbonyl (C=O) groups is 3. The quantitative estimate of drug-likeness (QED) is 0.556. The largest absolute Gasteiger partial charge is 0.391 e. The number of nitrogens with one attached hydrogen (secondary N) is 2. The van der Waals surface area contributed by atoms with Gasteiger partial charge in [0.15, 0.2) is 0 Å². The summed E-state index contributed by atoms with van der Waals surface area (Å²) in [6.07, 6.45) is 1.25. The zero-order chi connectivity index (χ0) is 23.1. The van der Waals surface area contributed by atoms with Crippen molar-refractivity contribution in [1.82, 2.24) is 20.1 Å². The number of aliphatic hydroxyl groups excluding tert-OH is 1. The van der Waals surface area contributed by atoms with Gasteiger partial charge in [-0.2, -0.15) is 0 Å². The van der Waals surface area contributed by atoms with Gasteiger partial charge in [-0.25, -0.2) is 0 Å². The van der Waals surface area contributed by atoms with Crippen LogP contribution in [0.2, 0.25) is 0 Å². The molecule has 2 aliphatic rings. The van der Waals surface area contributed by atoms with E-state index in [0.29, 0.717) is 18.7 Å². The second-order valence-electron chi connectivity index (χ2n) is 8.74. The number of hydrogen-bond acceptors (Lipinski definition) is 4. The molecular weight excluding hydrogens is 420 g/mol. The molecule has 33 heavy (non-hydrogen) atoms. The van der Waals surface area contributed by atoms with Crippen molar-refractivity contribution in [3.63, 3.8) is 0 Å². The van der Waals surface area contributed by atoms with Gasteiger partial charge < -0.3 is 25.2 Å². The van der Waals surface area contributed by atoms with E-state index in [1.807, 2.05) is 42.6 Å². The number of aromatic amines is 1. The van der Waals surface area contributed by atoms with E-state index in [0.717, 1.165) is 22.0 Å². The minimum absolute atomic E-state index is 0.0727. The van der Waals surface area contributed by atoms with Crippen molar-refractivity contribution >= 4 is 28.6 Å². The predicted molar refractivity (Wildman–Crippen MR) is 122 cm³/mol. The van der Waals surface area contributed by atoms with E-state index in [1.54, 1.807) is 19.1 Å². The van der Waals surface area contributed by atoms with E-state index in [-0.39, 0.29) is 30.7 Å². The number of nitrogens with zero attached hydrogens (tertiary/aromatic N) is 2. The molecule has 1 saturated heterocycles. The third kappa shape index (κ3) is 3.76. The van der Waals surface area contributed by atoms with Gasteiger partial charge in [-0.1, -0.05) is 36.4 Å². The van der Waals surface area contributed by atoms with Gasteiger partial charge in [-0.05, 0) is 30.2 Å². The van der Waals surface area contributed by atoms with Gasteiger partial charge >= 0.3 is 0 Å². The lowest BCUT2D eigenvalue weighted by Gasteiger charge is -2.30. The lowest BCUT2D eigenvalue weighted by atomic mass is 10.1. The molecule has 3 N–H and O–H groups in total. The van der Waals surface area contributed by atoms with Crippen LogP contribution in [0.5, 0.6) is 0 Å². The fourth-order valence-electron chi connectivity index (χ4n) is 4.85. The number of hydrogen-bond donors (Lipinski definition) is 3. The summed E-state index contributed by atoms with van der Waals surface area (Å²) in [6.45, 7) is 2.42. The average molecular weight is 447 g/mol. The topological polar surface area (TPSA) is 106 Å². The van der Waals surface area contributed by atoms with Gasteiger partial charge in [0.25, 0.3) is 5.91 Å². The lowest BCUT2D eigenvalue weighted by Crippen LogP contribution is -2.52. The number of H-pyrrole nitrogens is 1. The van der Waals surface area contributed by atoms with Crippen LogP contribution in [-0.2, 0) is 22.7 Å². The Morgan fingerprint density at radius 2 is 1.94 bits per heavy atom. The predicted octanol–water partition coefficient (Wildman–Crippen LogP) is 1.79. The summed E-state index contributed by atoms with van der Waals surface area (Å²) < 4.78 is 0. The molecule has 0 saturated carbocycles. The Morgan fingerprint density at radius 1 is 1.18 bits per heavy atom. The van der Waals surface area contributed by atoms with Crippen molar-refractivity contribution < 1.29 is 19.5 Å². The summed E-state index contributed by atoms with van der Waals surface area (Å²) in [6, 6.07) is 13.6. The molecule has 1 aromatic heterocycles. The van der Waals surface area contributed by atoms with Gasteiger partial charge in [-0.3, -0.25) is 14.4 Å². The van der Waals surface area contributed by atoms with Gasteiger partial charge in [0.1, 0.15) is 12.1 Å². The van der Waals surface area contributed by atoms with Crippen molar-refractivity contribution in [2.45, 2.75) is 44.6 Å². The highest BCUT2D eigenvalue weighted by Gasteiger charge is 2.43. The molecule has 0 radical (unpaired) electrons. The number of likely N-dealkylation sites (tertiary alicyclic amines) is 1. The summed E-state index contributed by atoms with van der Waals surface area (Å²) in [7, 11) is 0. The maximum atomic E-state index is 13.3. The van der Waals surface area contributed by atoms with Crippen LogP contribution in [0.3, 0.4) is 0 Å². The monoisotopic (exact) mass is 446 g/mol. The zero-order valence-electron chi connectivity index (χ0n) is 18.3. The van der Waals surface area contributed by atoms with E-state index in [2.05, 4.69) is 10.3 Å². The van der Waals surface area contributed by atoms with Crippen LogP contribution in [0, 0.1) is 0 Å². The number of β-amino-alcohol motifs (C(OH)–C–C–N with tert-alkyl or cyclic N) is 1. The van der Waals surface area contributed by atoms with Gasteiger partial charge in [0.05, 0.1) is 6.10 Å². The van der Waals surface area contributed by atoms with Crippen LogP contribution in [0.15, 0.2) is 54.7 Å². The fraction of sp³-hybridized carbons (Fsp3) is 0.320. The number of benzene rings is 2. The smallest absolute Gasteiger partial charge is 0.255 e. The number of carbonyl (C=O) groups excluding carboxylic acids is 3. The molecule has 3 atom stereocenters. The van der Waals surface area contributed by atoms with Crippen LogP contribution in [-0.4, -0.2) is 62.3 Å². The Hall–Kier alpha value is -3.65. The molecule has 0 bridgehead atoms. The zero-order valence-corrected chi connectivity index (χ0v) is 18.3. The van der Waals surface area contributed by atoms with Crippen molar-refractivity contribution in [2.24, 2.45) is 0 Å². The normalized spacial score (nSPS) is 20.8. The van der Waals surface area contributed by atoms with Crippen molar-refractivity contribution in [2.75, 3.05) is 6.54 Å². The molecular formula is C25H26N4O4. The molecule has 1 fully saturated rings. The van der Waals surface area contributed by atoms with Gasteiger partial charge in [-0.15, -0.1) is 0 Å². The number of amides is 3. The highest BCUT2D eigenvalue weighted by atomic mass is 16.3. The standard InChI is InChI=1S/C25H26N4O4/c1-15(28-13-16-6-2-3-8-20(16)25(28)33)24(32)29-14-18(30)10-22(29)23(31)27-12-17-11-26-21-9-5-4-7-19(17)21/h2-9,11,15,18,22,26,30H,10,12-14H2,1H3,(H,27,31)/t15?,18-,22+/m1/s1. The van der Waals surface area contributed by atoms with E-state index < -0.39 is 18.2 Å². The molecule has 3 heterocycles. The second-order valence-corrected chi connectivity index (χ2v) is 8.74. The minimum atomic E-state index is -0.781. The van der Waals surface area contributed by atoms with Gasteiger partial charge in [0.2, 0.25) is 11.8 Å². The molecule has 8 heteroatoms. The van der Waals surface area contributed by atoms with E-state index >= 15 is 0 Å².